The van der Waals surface area contributed by atoms with Crippen molar-refractivity contribution >= 4 is 21.9 Å². The summed E-state index contributed by atoms with van der Waals surface area (Å²) < 4.78 is 13.1. The van der Waals surface area contributed by atoms with Gasteiger partial charge >= 0.3 is 0 Å². The molecule has 1 aromatic carbocycles. The zero-order valence-corrected chi connectivity index (χ0v) is 14.9. The minimum absolute atomic E-state index is 0.243. The highest BCUT2D eigenvalue weighted by Crippen LogP contribution is 2.28. The van der Waals surface area contributed by atoms with Gasteiger partial charge in [-0.1, -0.05) is 12.1 Å². The summed E-state index contributed by atoms with van der Waals surface area (Å²) in [4.78, 5) is 9.31. The third-order valence-electron chi connectivity index (χ3n) is 4.56. The van der Waals surface area contributed by atoms with Gasteiger partial charge in [0.15, 0.2) is 0 Å². The molecular weight excluding hydrogens is 302 g/mol. The lowest BCUT2D eigenvalue weighted by molar-refractivity contribution is 0.111. The molecule has 0 aliphatic rings. The highest BCUT2D eigenvalue weighted by atomic mass is 16.5. The zero-order valence-electron chi connectivity index (χ0n) is 14.9. The van der Waals surface area contributed by atoms with E-state index in [0.29, 0.717) is 13.2 Å². The van der Waals surface area contributed by atoms with Gasteiger partial charge in [-0.05, 0) is 38.3 Å². The topological polar surface area (TPSA) is 49.2 Å². The van der Waals surface area contributed by atoms with Gasteiger partial charge < -0.3 is 14.0 Å². The summed E-state index contributed by atoms with van der Waals surface area (Å²) in [5.41, 5.74) is 4.36. The highest BCUT2D eigenvalue weighted by molar-refractivity contribution is 6.04. The lowest BCUT2D eigenvalue weighted by atomic mass is 10.0. The second-order valence-corrected chi connectivity index (χ2v) is 6.11. The first-order valence-corrected chi connectivity index (χ1v) is 8.48. The number of rotatable bonds is 7. The first-order valence-electron chi connectivity index (χ1n) is 8.48. The van der Waals surface area contributed by atoms with E-state index >= 15 is 0 Å². The number of hydrogen-bond donors (Lipinski definition) is 0. The summed E-state index contributed by atoms with van der Waals surface area (Å²) in [6.07, 6.45) is 4.04. The van der Waals surface area contributed by atoms with Crippen molar-refractivity contribution in [3.8, 4) is 0 Å². The number of aryl methyl sites for hydroxylation is 2. The van der Waals surface area contributed by atoms with Crippen LogP contribution in [0.4, 0.5) is 0 Å². The molecule has 0 bridgehead atoms. The average Bonchev–Trinajstić information content (AvgIpc) is 2.93. The molecule has 24 heavy (non-hydrogen) atoms. The highest BCUT2D eigenvalue weighted by Gasteiger charge is 2.15. The van der Waals surface area contributed by atoms with Crippen LogP contribution < -0.4 is 0 Å². The molecule has 1 atom stereocenters. The molecule has 0 aliphatic carbocycles. The molecule has 0 spiro atoms. The molecular formula is C19H25N3O2. The van der Waals surface area contributed by atoms with Gasteiger partial charge in [-0.15, -0.1) is 0 Å². The molecule has 0 fully saturated rings. The minimum Gasteiger partial charge on any atom is -0.382 e. The molecule has 3 rings (SSSR count). The summed E-state index contributed by atoms with van der Waals surface area (Å²) in [6, 6.07) is 6.32. The van der Waals surface area contributed by atoms with Gasteiger partial charge in [0.2, 0.25) is 0 Å². The molecule has 0 saturated carbocycles. The van der Waals surface area contributed by atoms with Crippen LogP contribution in [0.15, 0.2) is 24.4 Å². The van der Waals surface area contributed by atoms with E-state index in [1.54, 1.807) is 7.11 Å². The van der Waals surface area contributed by atoms with Crippen LogP contribution >= 0.6 is 0 Å². The molecule has 5 heteroatoms. The van der Waals surface area contributed by atoms with Crippen LogP contribution in [0.1, 0.15) is 31.7 Å². The maximum atomic E-state index is 5.55. The van der Waals surface area contributed by atoms with Gasteiger partial charge in [-0.2, -0.15) is 0 Å². The quantitative estimate of drug-likeness (QED) is 0.665. The fraction of sp³-hybridized carbons (Fsp3) is 0.474. The van der Waals surface area contributed by atoms with Crippen LogP contribution in [0.2, 0.25) is 0 Å². The van der Waals surface area contributed by atoms with Crippen LogP contribution in [0.25, 0.3) is 21.9 Å². The molecule has 3 aromatic rings. The molecule has 1 unspecified atom stereocenters. The molecule has 5 nitrogen and oxygen atoms in total. The van der Waals surface area contributed by atoms with Gasteiger partial charge in [-0.3, -0.25) is 4.98 Å². The van der Waals surface area contributed by atoms with Crippen molar-refractivity contribution < 1.29 is 9.47 Å². The lowest BCUT2D eigenvalue weighted by Crippen LogP contribution is -2.06. The standard InChI is InChI=1S/C19H25N3O2/c1-5-24-12-17-21-16-11-20-15-8-6-7-14(10-9-13(2)23-4)18(15)19(16)22(17)3/h6-8,11,13H,5,9-10,12H2,1-4H3. The van der Waals surface area contributed by atoms with E-state index in [4.69, 9.17) is 14.5 Å². The normalized spacial score (nSPS) is 13.0. The molecule has 2 heterocycles. The summed E-state index contributed by atoms with van der Waals surface area (Å²) >= 11 is 0. The SMILES string of the molecule is CCOCc1nc2cnc3cccc(CCC(C)OC)c3c2n1C. The Kier molecular flexibility index (Phi) is 5.11. The maximum Gasteiger partial charge on any atom is 0.135 e. The van der Waals surface area contributed by atoms with E-state index in [2.05, 4.69) is 41.7 Å². The van der Waals surface area contributed by atoms with E-state index < -0.39 is 0 Å². The average molecular weight is 327 g/mol. The Balaban J connectivity index is 2.12. The zero-order chi connectivity index (χ0) is 17.1. The van der Waals surface area contributed by atoms with Crippen molar-refractivity contribution in [1.82, 2.24) is 14.5 Å². The Labute approximate surface area is 142 Å². The summed E-state index contributed by atoms with van der Waals surface area (Å²) in [5.74, 6) is 0.932. The summed E-state index contributed by atoms with van der Waals surface area (Å²) in [7, 11) is 3.81. The molecule has 128 valence electrons. The Morgan fingerprint density at radius 2 is 2.08 bits per heavy atom. The van der Waals surface area contributed by atoms with E-state index in [9.17, 15) is 0 Å². The smallest absolute Gasteiger partial charge is 0.135 e. The Morgan fingerprint density at radius 1 is 1.25 bits per heavy atom. The third kappa shape index (κ3) is 3.14. The summed E-state index contributed by atoms with van der Waals surface area (Å²) in [6.45, 7) is 5.30. The van der Waals surface area contributed by atoms with E-state index in [1.807, 2.05) is 13.1 Å². The van der Waals surface area contributed by atoms with Gasteiger partial charge in [0.25, 0.3) is 0 Å². The van der Waals surface area contributed by atoms with E-state index in [1.165, 1.54) is 10.9 Å². The Hall–Kier alpha value is -1.98. The fourth-order valence-corrected chi connectivity index (χ4v) is 3.06. The molecule has 0 radical (unpaired) electrons. The monoisotopic (exact) mass is 327 g/mol. The molecule has 0 aliphatic heterocycles. The molecule has 0 N–H and O–H groups in total. The number of nitrogens with zero attached hydrogens (tertiary/aromatic N) is 3. The van der Waals surface area contributed by atoms with Crippen molar-refractivity contribution in [2.75, 3.05) is 13.7 Å². The van der Waals surface area contributed by atoms with E-state index in [-0.39, 0.29) is 6.10 Å². The van der Waals surface area contributed by atoms with Crippen molar-refractivity contribution in [3.63, 3.8) is 0 Å². The largest absolute Gasteiger partial charge is 0.382 e. The molecule has 2 aromatic heterocycles. The number of benzene rings is 1. The number of ether oxygens (including phenoxy) is 2. The third-order valence-corrected chi connectivity index (χ3v) is 4.56. The number of hydrogen-bond acceptors (Lipinski definition) is 4. The number of pyridine rings is 1. The molecule has 0 amide bonds. The van der Waals surface area contributed by atoms with Crippen LogP contribution in [0.5, 0.6) is 0 Å². The summed E-state index contributed by atoms with van der Waals surface area (Å²) in [5, 5.41) is 1.19. The van der Waals surface area contributed by atoms with Crippen molar-refractivity contribution in [3.05, 3.63) is 35.8 Å². The van der Waals surface area contributed by atoms with Crippen LogP contribution in [-0.2, 0) is 29.5 Å². The van der Waals surface area contributed by atoms with Gasteiger partial charge in [-0.25, -0.2) is 4.98 Å². The van der Waals surface area contributed by atoms with Gasteiger partial charge in [0, 0.05) is 26.2 Å². The first kappa shape index (κ1) is 16.9. The van der Waals surface area contributed by atoms with Crippen LogP contribution in [0.3, 0.4) is 0 Å². The van der Waals surface area contributed by atoms with Crippen LogP contribution in [0, 0.1) is 0 Å². The number of methoxy groups -OCH3 is 1. The Bertz CT molecular complexity index is 841. The molecule has 0 saturated heterocycles. The number of fused-ring (bicyclic) bond motifs is 3. The number of aromatic nitrogens is 3. The van der Waals surface area contributed by atoms with Gasteiger partial charge in [0.05, 0.1) is 23.3 Å². The lowest BCUT2D eigenvalue weighted by Gasteiger charge is -2.12. The second-order valence-electron chi connectivity index (χ2n) is 6.11. The Morgan fingerprint density at radius 3 is 2.83 bits per heavy atom. The van der Waals surface area contributed by atoms with Gasteiger partial charge in [0.1, 0.15) is 17.9 Å². The maximum absolute atomic E-state index is 5.55. The van der Waals surface area contributed by atoms with Crippen molar-refractivity contribution in [2.24, 2.45) is 7.05 Å². The van der Waals surface area contributed by atoms with E-state index in [0.717, 1.165) is 35.2 Å². The van der Waals surface area contributed by atoms with Crippen molar-refractivity contribution in [2.45, 2.75) is 39.4 Å². The number of imidazole rings is 1. The van der Waals surface area contributed by atoms with Crippen LogP contribution in [-0.4, -0.2) is 34.4 Å². The first-order chi connectivity index (χ1) is 11.7. The minimum atomic E-state index is 0.243. The predicted molar refractivity (Wildman–Crippen MR) is 96.1 cm³/mol. The van der Waals surface area contributed by atoms with Crippen molar-refractivity contribution in [1.29, 1.82) is 0 Å². The second kappa shape index (κ2) is 7.28. The predicted octanol–water partition coefficient (Wildman–Crippen LogP) is 3.63. The fourth-order valence-electron chi connectivity index (χ4n) is 3.06.